The number of imidazole rings is 1. The SMILES string of the molecule is COc1cc(N2CCC(N3CCN(OC)CC3)CC2)c(N)cc1Nc1nccc(-c2[nH]c(CCCO)nc2-c2ccc3ccoc3c2)n1. The minimum Gasteiger partial charge on any atom is -0.494 e. The van der Waals surface area contributed by atoms with Crippen LogP contribution >= 0.6 is 0 Å². The molecule has 0 radical (unpaired) electrons. The van der Waals surface area contributed by atoms with Crippen LogP contribution < -0.4 is 20.7 Å². The molecule has 0 unspecified atom stereocenters. The molecule has 0 saturated carbocycles. The maximum atomic E-state index is 9.43. The van der Waals surface area contributed by atoms with E-state index < -0.39 is 0 Å². The van der Waals surface area contributed by atoms with E-state index in [4.69, 9.17) is 29.7 Å². The van der Waals surface area contributed by atoms with Crippen LogP contribution in [0.5, 0.6) is 5.75 Å². The van der Waals surface area contributed by atoms with Crippen molar-refractivity contribution in [2.24, 2.45) is 0 Å². The van der Waals surface area contributed by atoms with Gasteiger partial charge in [-0.25, -0.2) is 15.0 Å². The first-order valence-electron chi connectivity index (χ1n) is 16.6. The van der Waals surface area contributed by atoms with Gasteiger partial charge in [0, 0.05) is 81.6 Å². The van der Waals surface area contributed by atoms with Crippen LogP contribution in [0, 0.1) is 0 Å². The van der Waals surface area contributed by atoms with Crippen molar-refractivity contribution in [2.75, 3.05) is 76.0 Å². The van der Waals surface area contributed by atoms with Crippen molar-refractivity contribution < 1.29 is 19.1 Å². The summed E-state index contributed by atoms with van der Waals surface area (Å²) in [5.41, 5.74) is 12.8. The molecule has 5 N–H and O–H groups in total. The lowest BCUT2D eigenvalue weighted by atomic mass is 10.0. The molecular formula is C35H43N9O4. The Balaban J connectivity index is 1.10. The number of fused-ring (bicyclic) bond motifs is 1. The highest BCUT2D eigenvalue weighted by atomic mass is 16.7. The van der Waals surface area contributed by atoms with Crippen molar-refractivity contribution in [2.45, 2.75) is 31.7 Å². The molecule has 0 amide bonds. The smallest absolute Gasteiger partial charge is 0.227 e. The zero-order valence-corrected chi connectivity index (χ0v) is 27.5. The van der Waals surface area contributed by atoms with E-state index in [-0.39, 0.29) is 6.61 Å². The van der Waals surface area contributed by atoms with E-state index in [9.17, 15) is 5.11 Å². The first-order valence-corrected chi connectivity index (χ1v) is 16.6. The van der Waals surface area contributed by atoms with Crippen molar-refractivity contribution in [1.82, 2.24) is 29.9 Å². The first kappa shape index (κ1) is 31.9. The molecule has 3 aromatic heterocycles. The number of nitrogen functional groups attached to an aromatic ring is 1. The molecule has 7 rings (SSSR count). The highest BCUT2D eigenvalue weighted by molar-refractivity contribution is 5.86. The van der Waals surface area contributed by atoms with Crippen LogP contribution in [0.25, 0.3) is 33.6 Å². The van der Waals surface area contributed by atoms with Gasteiger partial charge in [0.15, 0.2) is 0 Å². The number of benzene rings is 2. The van der Waals surface area contributed by atoms with Gasteiger partial charge < -0.3 is 40.0 Å². The predicted molar refractivity (Wildman–Crippen MR) is 186 cm³/mol. The van der Waals surface area contributed by atoms with E-state index in [2.05, 4.69) is 25.1 Å². The Morgan fingerprint density at radius 1 is 1.02 bits per heavy atom. The van der Waals surface area contributed by atoms with Gasteiger partial charge in [0.25, 0.3) is 0 Å². The summed E-state index contributed by atoms with van der Waals surface area (Å²) >= 11 is 0. The van der Waals surface area contributed by atoms with Crippen LogP contribution in [-0.4, -0.2) is 101 Å². The molecule has 5 heterocycles. The molecule has 2 aliphatic rings. The minimum atomic E-state index is 0.0835. The van der Waals surface area contributed by atoms with Crippen LogP contribution in [0.2, 0.25) is 0 Å². The lowest BCUT2D eigenvalue weighted by Crippen LogP contribution is -2.53. The second-order valence-corrected chi connectivity index (χ2v) is 12.3. The van der Waals surface area contributed by atoms with Gasteiger partial charge in [0.2, 0.25) is 5.95 Å². The number of hydrogen-bond donors (Lipinski definition) is 4. The fourth-order valence-electron chi connectivity index (χ4n) is 6.81. The Kier molecular flexibility index (Phi) is 9.43. The number of aromatic nitrogens is 4. The number of furan rings is 1. The van der Waals surface area contributed by atoms with E-state index in [0.717, 1.165) is 91.5 Å². The Labute approximate surface area is 279 Å². The second kappa shape index (κ2) is 14.2. The molecule has 0 spiro atoms. The van der Waals surface area contributed by atoms with Crippen molar-refractivity contribution in [1.29, 1.82) is 0 Å². The lowest BCUT2D eigenvalue weighted by Gasteiger charge is -2.42. The predicted octanol–water partition coefficient (Wildman–Crippen LogP) is 4.69. The average molecular weight is 654 g/mol. The minimum absolute atomic E-state index is 0.0835. The highest BCUT2D eigenvalue weighted by Crippen LogP contribution is 2.38. The molecule has 0 atom stereocenters. The number of aliphatic hydroxyl groups is 1. The van der Waals surface area contributed by atoms with E-state index in [1.807, 2.05) is 47.5 Å². The van der Waals surface area contributed by atoms with Gasteiger partial charge in [0.1, 0.15) is 17.2 Å². The number of piperidine rings is 1. The molecule has 2 fully saturated rings. The quantitative estimate of drug-likeness (QED) is 0.146. The van der Waals surface area contributed by atoms with Gasteiger partial charge in [-0.05, 0) is 43.5 Å². The number of nitrogens with two attached hydrogens (primary N) is 1. The van der Waals surface area contributed by atoms with Gasteiger partial charge in [-0.3, -0.25) is 4.90 Å². The van der Waals surface area contributed by atoms with E-state index in [1.54, 1.807) is 26.7 Å². The monoisotopic (exact) mass is 653 g/mol. The normalized spacial score (nSPS) is 16.5. The number of hydroxylamine groups is 2. The molecule has 48 heavy (non-hydrogen) atoms. The van der Waals surface area contributed by atoms with E-state index in [1.165, 1.54) is 0 Å². The summed E-state index contributed by atoms with van der Waals surface area (Å²) < 4.78 is 11.5. The number of aliphatic hydroxyl groups excluding tert-OH is 1. The van der Waals surface area contributed by atoms with Gasteiger partial charge in [-0.15, -0.1) is 0 Å². The standard InChI is InChI=1S/C35H43N9O4/c1-46-31-22-29(43-12-8-25(9-13-43)42-14-16-44(47-2)17-15-42)26(36)21-28(31)39-35-37-11-7-27(38-35)34-33(40-32(41-34)4-3-18-45)24-6-5-23-10-19-48-30(23)20-24/h5-7,10-11,19-22,25,45H,3-4,8-9,12-18,36H2,1-2H3,(H,40,41)(H,37,38,39). The van der Waals surface area contributed by atoms with Gasteiger partial charge >= 0.3 is 0 Å². The molecule has 2 aromatic carbocycles. The summed E-state index contributed by atoms with van der Waals surface area (Å²) in [6.07, 6.45) is 6.76. The average Bonchev–Trinajstić information content (AvgIpc) is 3.78. The third-order valence-corrected chi connectivity index (χ3v) is 9.41. The van der Waals surface area contributed by atoms with Crippen LogP contribution in [0.4, 0.5) is 23.0 Å². The molecule has 252 valence electrons. The fraction of sp³-hybridized carbons (Fsp3) is 0.400. The summed E-state index contributed by atoms with van der Waals surface area (Å²) in [5.74, 6) is 1.82. The molecule has 13 nitrogen and oxygen atoms in total. The van der Waals surface area contributed by atoms with Crippen LogP contribution in [0.1, 0.15) is 25.1 Å². The first-order chi connectivity index (χ1) is 23.5. The van der Waals surface area contributed by atoms with Crippen LogP contribution in [-0.2, 0) is 11.3 Å². The number of hydrogen-bond acceptors (Lipinski definition) is 12. The van der Waals surface area contributed by atoms with Crippen molar-refractivity contribution in [3.05, 3.63) is 60.7 Å². The topological polar surface area (TPSA) is 154 Å². The van der Waals surface area contributed by atoms with Gasteiger partial charge in [-0.1, -0.05) is 12.1 Å². The zero-order chi connectivity index (χ0) is 33.0. The molecule has 5 aromatic rings. The molecular weight excluding hydrogens is 610 g/mol. The number of piperazine rings is 1. The third-order valence-electron chi connectivity index (χ3n) is 9.41. The van der Waals surface area contributed by atoms with Crippen LogP contribution in [0.15, 0.2) is 59.3 Å². The summed E-state index contributed by atoms with van der Waals surface area (Å²) in [6, 6.07) is 14.3. The molecule has 2 aliphatic heterocycles. The Morgan fingerprint density at radius 3 is 2.62 bits per heavy atom. The second-order valence-electron chi connectivity index (χ2n) is 12.3. The number of rotatable bonds is 11. The van der Waals surface area contributed by atoms with Crippen molar-refractivity contribution in [3.63, 3.8) is 0 Å². The third kappa shape index (κ3) is 6.67. The van der Waals surface area contributed by atoms with E-state index in [0.29, 0.717) is 47.7 Å². The lowest BCUT2D eigenvalue weighted by molar-refractivity contribution is -0.155. The number of aryl methyl sites for hydroxylation is 1. The maximum absolute atomic E-state index is 9.43. The highest BCUT2D eigenvalue weighted by Gasteiger charge is 2.29. The van der Waals surface area contributed by atoms with E-state index >= 15 is 0 Å². The molecule has 13 heteroatoms. The van der Waals surface area contributed by atoms with Crippen LogP contribution in [0.3, 0.4) is 0 Å². The number of aromatic amines is 1. The maximum Gasteiger partial charge on any atom is 0.227 e. The summed E-state index contributed by atoms with van der Waals surface area (Å²) in [4.78, 5) is 28.0. The number of methoxy groups -OCH3 is 1. The Hall–Kier alpha value is -4.69. The van der Waals surface area contributed by atoms with Gasteiger partial charge in [-0.2, -0.15) is 5.06 Å². The Morgan fingerprint density at radius 2 is 1.85 bits per heavy atom. The number of ether oxygens (including phenoxy) is 1. The summed E-state index contributed by atoms with van der Waals surface area (Å²) in [5, 5.41) is 15.8. The number of nitrogens with one attached hydrogen (secondary N) is 2. The fourth-order valence-corrected chi connectivity index (χ4v) is 6.81. The molecule has 0 bridgehead atoms. The van der Waals surface area contributed by atoms with Crippen molar-refractivity contribution >= 4 is 34.0 Å². The molecule has 2 saturated heterocycles. The molecule has 0 aliphatic carbocycles. The van der Waals surface area contributed by atoms with Gasteiger partial charge in [0.05, 0.1) is 54.6 Å². The van der Waals surface area contributed by atoms with Crippen molar-refractivity contribution in [3.8, 4) is 28.4 Å². The Bertz CT molecular complexity index is 1840. The number of anilines is 4. The zero-order valence-electron chi connectivity index (χ0n) is 27.5. The largest absolute Gasteiger partial charge is 0.494 e. The summed E-state index contributed by atoms with van der Waals surface area (Å²) in [7, 11) is 3.40. The number of nitrogens with zero attached hydrogens (tertiary/aromatic N) is 6. The number of H-pyrrole nitrogens is 1. The summed E-state index contributed by atoms with van der Waals surface area (Å²) in [6.45, 7) is 5.90.